The molecule has 2 aromatic carbocycles. The Kier molecular flexibility index (Phi) is 6.65. The van der Waals surface area contributed by atoms with Gasteiger partial charge in [-0.05, 0) is 56.4 Å². The molecular weight excluding hydrogens is 355 g/mol. The van der Waals surface area contributed by atoms with Crippen molar-refractivity contribution >= 4 is 10.9 Å². The van der Waals surface area contributed by atoms with Crippen LogP contribution in [-0.4, -0.2) is 41.9 Å². The molecule has 1 N–H and O–H groups in total. The lowest BCUT2D eigenvalue weighted by molar-refractivity contribution is 0.398. The summed E-state index contributed by atoms with van der Waals surface area (Å²) < 4.78 is 21.3. The van der Waals surface area contributed by atoms with E-state index in [1.54, 1.807) is 12.1 Å². The van der Waals surface area contributed by atoms with E-state index < -0.39 is 0 Å². The van der Waals surface area contributed by atoms with E-state index in [1.807, 2.05) is 16.9 Å². The monoisotopic (exact) mass is 384 g/mol. The van der Waals surface area contributed by atoms with Gasteiger partial charge in [0.1, 0.15) is 17.3 Å². The van der Waals surface area contributed by atoms with Crippen molar-refractivity contribution in [1.82, 2.24) is 20.0 Å². The number of fused-ring (bicyclic) bond motifs is 1. The summed E-state index contributed by atoms with van der Waals surface area (Å²) >= 11 is 0. The summed E-state index contributed by atoms with van der Waals surface area (Å²) in [5, 5.41) is 9.05. The molecule has 0 aliphatic rings. The first-order valence-electron chi connectivity index (χ1n) is 9.69. The van der Waals surface area contributed by atoms with Crippen LogP contribution in [0, 0.1) is 11.7 Å². The minimum Gasteiger partial charge on any atom is -0.457 e. The molecule has 150 valence electrons. The number of halogens is 1. The van der Waals surface area contributed by atoms with Gasteiger partial charge in [0.2, 0.25) is 0 Å². The molecule has 6 heteroatoms. The molecule has 0 saturated heterocycles. The number of ether oxygens (including phenoxy) is 1. The van der Waals surface area contributed by atoms with Crippen molar-refractivity contribution in [3.63, 3.8) is 0 Å². The topological polar surface area (TPSA) is 42.3 Å². The Hall–Kier alpha value is -2.44. The molecule has 0 radical (unpaired) electrons. The third-order valence-electron chi connectivity index (χ3n) is 4.45. The van der Waals surface area contributed by atoms with Crippen LogP contribution < -0.4 is 10.1 Å². The van der Waals surface area contributed by atoms with Crippen molar-refractivity contribution in [2.75, 3.05) is 27.2 Å². The summed E-state index contributed by atoms with van der Waals surface area (Å²) in [7, 11) is 4.11. The van der Waals surface area contributed by atoms with Crippen LogP contribution in [0.5, 0.6) is 11.5 Å². The molecule has 28 heavy (non-hydrogen) atoms. The lowest BCUT2D eigenvalue weighted by atomic mass is 10.1. The van der Waals surface area contributed by atoms with Crippen LogP contribution in [0.15, 0.2) is 42.6 Å². The fourth-order valence-electron chi connectivity index (χ4n) is 3.03. The van der Waals surface area contributed by atoms with Gasteiger partial charge in [-0.2, -0.15) is 5.10 Å². The van der Waals surface area contributed by atoms with E-state index in [0.717, 1.165) is 41.9 Å². The molecule has 0 bridgehead atoms. The van der Waals surface area contributed by atoms with Gasteiger partial charge in [0, 0.05) is 37.1 Å². The van der Waals surface area contributed by atoms with Crippen molar-refractivity contribution in [2.45, 2.75) is 26.9 Å². The van der Waals surface area contributed by atoms with Gasteiger partial charge >= 0.3 is 0 Å². The van der Waals surface area contributed by atoms with E-state index in [0.29, 0.717) is 18.2 Å². The number of nitrogens with one attached hydrogen (secondary N) is 1. The fourth-order valence-corrected chi connectivity index (χ4v) is 3.03. The number of aromatic nitrogens is 2. The minimum atomic E-state index is -0.275. The molecule has 0 atom stereocenters. The van der Waals surface area contributed by atoms with E-state index in [9.17, 15) is 4.39 Å². The Labute approximate surface area is 166 Å². The summed E-state index contributed by atoms with van der Waals surface area (Å²) in [4.78, 5) is 2.14. The number of benzene rings is 2. The molecule has 0 fully saturated rings. The predicted molar refractivity (Wildman–Crippen MR) is 111 cm³/mol. The molecule has 1 aromatic heterocycles. The lowest BCUT2D eigenvalue weighted by Gasteiger charge is -2.15. The number of hydrogen-bond acceptors (Lipinski definition) is 4. The number of nitrogens with zero attached hydrogens (tertiary/aromatic N) is 3. The predicted octanol–water partition coefficient (Wildman–Crippen LogP) is 4.27. The second-order valence-corrected chi connectivity index (χ2v) is 7.78. The van der Waals surface area contributed by atoms with Crippen LogP contribution in [-0.2, 0) is 13.1 Å². The van der Waals surface area contributed by atoms with Gasteiger partial charge in [0.15, 0.2) is 0 Å². The average molecular weight is 384 g/mol. The van der Waals surface area contributed by atoms with Crippen LogP contribution in [0.4, 0.5) is 4.39 Å². The van der Waals surface area contributed by atoms with Crippen LogP contribution in [0.25, 0.3) is 10.9 Å². The van der Waals surface area contributed by atoms with Crippen molar-refractivity contribution in [2.24, 2.45) is 5.92 Å². The Morgan fingerprint density at radius 2 is 1.93 bits per heavy atom. The Bertz CT molecular complexity index is 903. The molecule has 0 unspecified atom stereocenters. The lowest BCUT2D eigenvalue weighted by Crippen LogP contribution is -2.26. The highest BCUT2D eigenvalue weighted by atomic mass is 19.1. The zero-order chi connectivity index (χ0) is 20.1. The summed E-state index contributed by atoms with van der Waals surface area (Å²) in [5.74, 6) is 1.62. The third kappa shape index (κ3) is 5.30. The highest BCUT2D eigenvalue weighted by Crippen LogP contribution is 2.30. The summed E-state index contributed by atoms with van der Waals surface area (Å²) in [5.41, 5.74) is 2.16. The first-order valence-corrected chi connectivity index (χ1v) is 9.69. The smallest absolute Gasteiger partial charge is 0.132 e. The van der Waals surface area contributed by atoms with Gasteiger partial charge in [0.05, 0.1) is 11.7 Å². The second-order valence-electron chi connectivity index (χ2n) is 7.78. The maximum atomic E-state index is 13.2. The fraction of sp³-hybridized carbons (Fsp3) is 0.409. The zero-order valence-corrected chi connectivity index (χ0v) is 17.1. The summed E-state index contributed by atoms with van der Waals surface area (Å²) in [6, 6.07) is 10.3. The standard InChI is InChI=1S/C22H29FN4O/c1-16(2)15-27-21-11-18(13-24-9-10-26(3)4)22(12-17(21)14-25-27)28-20-7-5-19(23)6-8-20/h5-8,11-12,14,16,24H,9-10,13,15H2,1-4H3. The highest BCUT2D eigenvalue weighted by molar-refractivity contribution is 5.81. The molecule has 3 rings (SSSR count). The highest BCUT2D eigenvalue weighted by Gasteiger charge is 2.12. The number of likely N-dealkylation sites (N-methyl/N-ethyl adjacent to an activating group) is 1. The maximum Gasteiger partial charge on any atom is 0.132 e. The van der Waals surface area contributed by atoms with Crippen molar-refractivity contribution < 1.29 is 9.13 Å². The van der Waals surface area contributed by atoms with Crippen molar-refractivity contribution in [3.05, 3.63) is 54.0 Å². The van der Waals surface area contributed by atoms with Crippen molar-refractivity contribution in [1.29, 1.82) is 0 Å². The number of rotatable bonds is 9. The van der Waals surface area contributed by atoms with Gasteiger partial charge < -0.3 is 15.0 Å². The van der Waals surface area contributed by atoms with Gasteiger partial charge in [-0.15, -0.1) is 0 Å². The van der Waals surface area contributed by atoms with Crippen LogP contribution >= 0.6 is 0 Å². The maximum absolute atomic E-state index is 13.2. The summed E-state index contributed by atoms with van der Waals surface area (Å²) in [6.45, 7) is 7.77. The van der Waals surface area contributed by atoms with E-state index in [-0.39, 0.29) is 5.82 Å². The van der Waals surface area contributed by atoms with Gasteiger partial charge in [-0.25, -0.2) is 4.39 Å². The molecule has 0 saturated carbocycles. The molecular formula is C22H29FN4O. The molecule has 0 amide bonds. The Balaban J connectivity index is 1.89. The third-order valence-corrected chi connectivity index (χ3v) is 4.45. The Morgan fingerprint density at radius 3 is 2.61 bits per heavy atom. The molecule has 0 aliphatic carbocycles. The van der Waals surface area contributed by atoms with E-state index in [1.165, 1.54) is 12.1 Å². The average Bonchev–Trinajstić information content (AvgIpc) is 3.01. The van der Waals surface area contributed by atoms with E-state index in [4.69, 9.17) is 4.74 Å². The van der Waals surface area contributed by atoms with Crippen LogP contribution in [0.1, 0.15) is 19.4 Å². The first kappa shape index (κ1) is 20.3. The van der Waals surface area contributed by atoms with E-state index in [2.05, 4.69) is 49.3 Å². The normalized spacial score (nSPS) is 11.7. The van der Waals surface area contributed by atoms with E-state index >= 15 is 0 Å². The molecule has 0 aliphatic heterocycles. The summed E-state index contributed by atoms with van der Waals surface area (Å²) in [6.07, 6.45) is 1.87. The van der Waals surface area contributed by atoms with Crippen LogP contribution in [0.3, 0.4) is 0 Å². The first-order chi connectivity index (χ1) is 13.4. The molecule has 5 nitrogen and oxygen atoms in total. The quantitative estimate of drug-likeness (QED) is 0.559. The number of hydrogen-bond donors (Lipinski definition) is 1. The second kappa shape index (κ2) is 9.17. The van der Waals surface area contributed by atoms with Gasteiger partial charge in [-0.3, -0.25) is 4.68 Å². The molecule has 3 aromatic rings. The molecule has 1 heterocycles. The SMILES string of the molecule is CC(C)Cn1ncc2cc(Oc3ccc(F)cc3)c(CNCCN(C)C)cc21. The Morgan fingerprint density at radius 1 is 1.18 bits per heavy atom. The zero-order valence-electron chi connectivity index (χ0n) is 17.1. The molecule has 0 spiro atoms. The van der Waals surface area contributed by atoms with Gasteiger partial charge in [-0.1, -0.05) is 13.8 Å². The minimum absolute atomic E-state index is 0.275. The van der Waals surface area contributed by atoms with Gasteiger partial charge in [0.25, 0.3) is 0 Å². The van der Waals surface area contributed by atoms with Crippen LogP contribution in [0.2, 0.25) is 0 Å². The van der Waals surface area contributed by atoms with Crippen molar-refractivity contribution in [3.8, 4) is 11.5 Å². The largest absolute Gasteiger partial charge is 0.457 e.